The van der Waals surface area contributed by atoms with Gasteiger partial charge in [-0.25, -0.2) is 0 Å². The van der Waals surface area contributed by atoms with E-state index >= 15 is 0 Å². The molecule has 128 valence electrons. The average molecular weight is 350 g/mol. The summed E-state index contributed by atoms with van der Waals surface area (Å²) in [4.78, 5) is 14.4. The summed E-state index contributed by atoms with van der Waals surface area (Å²) in [6, 6.07) is 5.18. The van der Waals surface area contributed by atoms with E-state index in [1.54, 1.807) is 50.1 Å². The van der Waals surface area contributed by atoms with E-state index in [9.17, 15) is 4.79 Å². The maximum atomic E-state index is 12.7. The molecule has 1 aromatic carbocycles. The van der Waals surface area contributed by atoms with E-state index in [4.69, 9.17) is 18.7 Å². The van der Waals surface area contributed by atoms with Crippen LogP contribution in [-0.4, -0.2) is 49.6 Å². The molecule has 2 aromatic rings. The minimum absolute atomic E-state index is 0.195. The maximum absolute atomic E-state index is 12.7. The van der Waals surface area contributed by atoms with Gasteiger partial charge in [0.15, 0.2) is 11.5 Å². The fraction of sp³-hybridized carbons (Fsp3) is 0.375. The number of thioether (sulfide) groups is 1. The molecule has 1 saturated heterocycles. The first-order chi connectivity index (χ1) is 11.7. The van der Waals surface area contributed by atoms with Crippen LogP contribution in [0.25, 0.3) is 0 Å². The lowest BCUT2D eigenvalue weighted by Gasteiger charge is -2.25. The number of aromatic nitrogens is 1. The molecule has 1 unspecified atom stereocenters. The van der Waals surface area contributed by atoms with Crippen LogP contribution in [-0.2, 0) is 0 Å². The van der Waals surface area contributed by atoms with Crippen molar-refractivity contribution in [2.45, 2.75) is 5.37 Å². The van der Waals surface area contributed by atoms with Crippen molar-refractivity contribution >= 4 is 17.7 Å². The molecule has 0 N–H and O–H groups in total. The summed E-state index contributed by atoms with van der Waals surface area (Å²) >= 11 is 1.66. The molecule has 0 radical (unpaired) electrons. The Labute approximate surface area is 143 Å². The zero-order valence-corrected chi connectivity index (χ0v) is 14.5. The first kappa shape index (κ1) is 16.5. The Hall–Kier alpha value is -2.35. The monoisotopic (exact) mass is 350 g/mol. The fourth-order valence-electron chi connectivity index (χ4n) is 2.65. The second-order valence-corrected chi connectivity index (χ2v) is 6.24. The van der Waals surface area contributed by atoms with Gasteiger partial charge in [-0.3, -0.25) is 4.79 Å². The topological polar surface area (TPSA) is 74.0 Å². The van der Waals surface area contributed by atoms with Crippen LogP contribution in [0.3, 0.4) is 0 Å². The average Bonchev–Trinajstić information content (AvgIpc) is 3.31. The van der Waals surface area contributed by atoms with Gasteiger partial charge in [-0.2, -0.15) is 0 Å². The number of nitrogens with zero attached hydrogens (tertiary/aromatic N) is 2. The highest BCUT2D eigenvalue weighted by atomic mass is 32.2. The van der Waals surface area contributed by atoms with Crippen molar-refractivity contribution in [3.05, 3.63) is 35.7 Å². The third kappa shape index (κ3) is 2.89. The number of carbonyl (C=O) groups is 1. The van der Waals surface area contributed by atoms with Crippen molar-refractivity contribution in [3.63, 3.8) is 0 Å². The van der Waals surface area contributed by atoms with E-state index in [1.807, 2.05) is 6.07 Å². The van der Waals surface area contributed by atoms with E-state index in [-0.39, 0.29) is 17.0 Å². The van der Waals surface area contributed by atoms with Crippen LogP contribution in [0.1, 0.15) is 21.5 Å². The molecule has 3 rings (SSSR count). The van der Waals surface area contributed by atoms with E-state index in [0.29, 0.717) is 23.8 Å². The van der Waals surface area contributed by atoms with Crippen molar-refractivity contribution in [2.75, 3.05) is 33.6 Å². The number of ether oxygens (including phenoxy) is 3. The number of rotatable bonds is 5. The quantitative estimate of drug-likeness (QED) is 0.820. The highest BCUT2D eigenvalue weighted by Gasteiger charge is 2.35. The van der Waals surface area contributed by atoms with Crippen molar-refractivity contribution in [2.24, 2.45) is 0 Å². The van der Waals surface area contributed by atoms with Crippen molar-refractivity contribution < 1.29 is 23.5 Å². The minimum atomic E-state index is -0.197. The van der Waals surface area contributed by atoms with Crippen LogP contribution < -0.4 is 14.2 Å². The molecule has 0 saturated carbocycles. The summed E-state index contributed by atoms with van der Waals surface area (Å²) in [5.74, 6) is 2.66. The lowest BCUT2D eigenvalue weighted by Crippen LogP contribution is -2.30. The molecule has 2 heterocycles. The van der Waals surface area contributed by atoms with Crippen molar-refractivity contribution in [1.29, 1.82) is 0 Å². The van der Waals surface area contributed by atoms with Crippen molar-refractivity contribution in [3.8, 4) is 17.2 Å². The molecule has 0 aliphatic carbocycles. The van der Waals surface area contributed by atoms with E-state index < -0.39 is 0 Å². The van der Waals surface area contributed by atoms with Gasteiger partial charge in [-0.15, -0.1) is 11.8 Å². The van der Waals surface area contributed by atoms with Gasteiger partial charge >= 0.3 is 0 Å². The number of benzene rings is 1. The Bertz CT molecular complexity index is 720. The summed E-state index contributed by atoms with van der Waals surface area (Å²) < 4.78 is 21.2. The maximum Gasteiger partial charge on any atom is 0.293 e. The summed E-state index contributed by atoms with van der Waals surface area (Å²) in [5.41, 5.74) is 0.852. The van der Waals surface area contributed by atoms with Gasteiger partial charge in [0.1, 0.15) is 11.1 Å². The van der Waals surface area contributed by atoms with Gasteiger partial charge in [0.2, 0.25) is 5.76 Å². The van der Waals surface area contributed by atoms with Crippen molar-refractivity contribution in [1.82, 2.24) is 10.1 Å². The SMILES string of the molecule is COc1cc(OC)c(C2SCCN2C(=O)c2ccno2)cc1OC. The predicted molar refractivity (Wildman–Crippen MR) is 88.8 cm³/mol. The Morgan fingerprint density at radius 2 is 1.92 bits per heavy atom. The Kier molecular flexibility index (Phi) is 4.84. The molecular formula is C16H18N2O5S. The number of methoxy groups -OCH3 is 3. The van der Waals surface area contributed by atoms with Crippen LogP contribution >= 0.6 is 11.8 Å². The standard InChI is InChI=1S/C16H18N2O5S/c1-20-12-9-14(22-3)13(21-2)8-10(12)16-18(6-7-24-16)15(19)11-4-5-17-23-11/h4-5,8-9,16H,6-7H2,1-3H3. The molecule has 1 fully saturated rings. The lowest BCUT2D eigenvalue weighted by atomic mass is 10.1. The van der Waals surface area contributed by atoms with Gasteiger partial charge in [-0.1, -0.05) is 5.16 Å². The molecule has 7 nitrogen and oxygen atoms in total. The van der Waals surface area contributed by atoms with Gasteiger partial charge in [0.05, 0.1) is 27.5 Å². The molecule has 24 heavy (non-hydrogen) atoms. The summed E-state index contributed by atoms with van der Waals surface area (Å²) in [7, 11) is 4.74. The summed E-state index contributed by atoms with van der Waals surface area (Å²) in [5, 5.41) is 3.41. The molecular weight excluding hydrogens is 332 g/mol. The van der Waals surface area contributed by atoms with Crippen LogP contribution in [0.2, 0.25) is 0 Å². The molecule has 0 spiro atoms. The van der Waals surface area contributed by atoms with E-state index in [1.165, 1.54) is 6.20 Å². The molecule has 1 atom stereocenters. The normalized spacial score (nSPS) is 17.0. The van der Waals surface area contributed by atoms with Gasteiger partial charge < -0.3 is 23.6 Å². The van der Waals surface area contributed by atoms with Gasteiger partial charge in [0.25, 0.3) is 5.91 Å². The second kappa shape index (κ2) is 7.04. The summed E-state index contributed by atoms with van der Waals surface area (Å²) in [6.07, 6.45) is 1.46. The van der Waals surface area contributed by atoms with Gasteiger partial charge in [-0.05, 0) is 6.07 Å². The fourth-order valence-corrected chi connectivity index (χ4v) is 3.92. The van der Waals surface area contributed by atoms with Crippen LogP contribution in [0, 0.1) is 0 Å². The zero-order valence-electron chi connectivity index (χ0n) is 13.6. The number of hydrogen-bond acceptors (Lipinski definition) is 7. The molecule has 1 aliphatic heterocycles. The molecule has 8 heteroatoms. The first-order valence-corrected chi connectivity index (χ1v) is 8.37. The third-order valence-electron chi connectivity index (χ3n) is 3.80. The molecule has 1 amide bonds. The van der Waals surface area contributed by atoms with Crippen LogP contribution in [0.15, 0.2) is 28.9 Å². The summed E-state index contributed by atoms with van der Waals surface area (Å²) in [6.45, 7) is 0.617. The lowest BCUT2D eigenvalue weighted by molar-refractivity contribution is 0.0717. The van der Waals surface area contributed by atoms with E-state index in [2.05, 4.69) is 5.16 Å². The number of amides is 1. The smallest absolute Gasteiger partial charge is 0.293 e. The zero-order chi connectivity index (χ0) is 17.1. The Morgan fingerprint density at radius 3 is 2.54 bits per heavy atom. The predicted octanol–water partition coefficient (Wildman–Crippen LogP) is 2.59. The van der Waals surface area contributed by atoms with Crippen LogP contribution in [0.5, 0.6) is 17.2 Å². The molecule has 1 aromatic heterocycles. The number of hydrogen-bond donors (Lipinski definition) is 0. The first-order valence-electron chi connectivity index (χ1n) is 7.32. The van der Waals surface area contributed by atoms with E-state index in [0.717, 1.165) is 11.3 Å². The third-order valence-corrected chi connectivity index (χ3v) is 5.04. The van der Waals surface area contributed by atoms with Gasteiger partial charge in [0, 0.05) is 30.0 Å². The highest BCUT2D eigenvalue weighted by molar-refractivity contribution is 7.99. The molecule has 0 bridgehead atoms. The number of carbonyl (C=O) groups excluding carboxylic acids is 1. The Morgan fingerprint density at radius 1 is 1.21 bits per heavy atom. The van der Waals surface area contributed by atoms with Crippen LogP contribution in [0.4, 0.5) is 0 Å². The Balaban J connectivity index is 1.98. The molecule has 1 aliphatic rings. The minimum Gasteiger partial charge on any atom is -0.496 e. The highest BCUT2D eigenvalue weighted by Crippen LogP contribution is 2.46. The second-order valence-electron chi connectivity index (χ2n) is 5.05. The largest absolute Gasteiger partial charge is 0.496 e.